The molecule has 0 aromatic heterocycles. The molecule has 0 aromatic carbocycles. The Labute approximate surface area is 277 Å². The number of rotatable bonds is 0. The van der Waals surface area contributed by atoms with Gasteiger partial charge < -0.3 is 20.4 Å². The monoisotopic (exact) mass is 679 g/mol. The molecule has 0 amide bonds. The zero-order valence-corrected chi connectivity index (χ0v) is 27.1. The molecule has 1 radical (unpaired) electrons. The van der Waals surface area contributed by atoms with Crippen molar-refractivity contribution >= 4 is 0 Å². The first-order valence-corrected chi connectivity index (χ1v) is 18.3. The first-order valence-electron chi connectivity index (χ1n) is 18.3. The average Bonchev–Trinajstić information content (AvgIpc) is 3.78. The summed E-state index contributed by atoms with van der Waals surface area (Å²) in [5.41, 5.74) is 0. The molecule has 45 heavy (non-hydrogen) atoms. The quantitative estimate of drug-likeness (QED) is 0.134. The van der Waals surface area contributed by atoms with Crippen molar-refractivity contribution in [1.82, 2.24) is 42.5 Å². The molecule has 4 saturated carbocycles. The van der Waals surface area contributed by atoms with Crippen LogP contribution in [0.15, 0.2) is 0 Å². The van der Waals surface area contributed by atoms with Crippen LogP contribution in [0.5, 0.6) is 0 Å². The van der Waals surface area contributed by atoms with Crippen molar-refractivity contribution in [3.8, 4) is 0 Å². The molecular weight excluding hydrogens is 624 g/mol. The Balaban J connectivity index is 0.00000300. The summed E-state index contributed by atoms with van der Waals surface area (Å²) in [4.78, 5) is 0. The number of aliphatic hydroxyl groups excluding tert-OH is 4. The van der Waals surface area contributed by atoms with Crippen molar-refractivity contribution in [2.24, 2.45) is 47.3 Å². The molecule has 12 nitrogen and oxygen atoms in total. The molecule has 8 bridgehead atoms. The first-order chi connectivity index (χ1) is 21.5. The second-order valence-electron chi connectivity index (χ2n) is 16.1. The van der Waals surface area contributed by atoms with Gasteiger partial charge in [0.1, 0.15) is 12.2 Å². The molecule has 0 aromatic rings. The fourth-order valence-electron chi connectivity index (χ4n) is 12.1. The largest absolute Gasteiger partial charge is 0.390 e. The van der Waals surface area contributed by atoms with E-state index in [4.69, 9.17) is 0 Å². The minimum atomic E-state index is -1.38. The van der Waals surface area contributed by atoms with Crippen LogP contribution in [-0.2, 0) is 17.1 Å². The molecule has 20 atom stereocenters. The summed E-state index contributed by atoms with van der Waals surface area (Å²) >= 11 is 0. The van der Waals surface area contributed by atoms with Crippen LogP contribution in [0.4, 0.5) is 0 Å². The van der Waals surface area contributed by atoms with Crippen LogP contribution in [0.3, 0.4) is 0 Å². The molecule has 13 heteroatoms. The van der Waals surface area contributed by atoms with Crippen molar-refractivity contribution in [2.75, 3.05) is 0 Å². The normalized spacial score (nSPS) is 58.9. The maximum absolute atomic E-state index is 11.4. The second kappa shape index (κ2) is 12.7. The molecular formula is C32H56CuN8O4. The van der Waals surface area contributed by atoms with E-state index in [1.807, 2.05) is 0 Å². The Hall–Kier alpha value is 0.0395. The summed E-state index contributed by atoms with van der Waals surface area (Å²) in [5.74, 6) is 2.30. The van der Waals surface area contributed by atoms with E-state index in [9.17, 15) is 20.4 Å². The molecule has 9 aliphatic rings. The van der Waals surface area contributed by atoms with E-state index in [-0.39, 0.29) is 66.4 Å². The summed E-state index contributed by atoms with van der Waals surface area (Å²) in [7, 11) is 0. The van der Waals surface area contributed by atoms with Crippen LogP contribution in [0.1, 0.15) is 77.0 Å². The molecule has 4 aliphatic carbocycles. The minimum Gasteiger partial charge on any atom is -0.390 e. The van der Waals surface area contributed by atoms with Gasteiger partial charge in [-0.1, -0.05) is 38.5 Å². The van der Waals surface area contributed by atoms with E-state index in [1.54, 1.807) is 0 Å². The van der Waals surface area contributed by atoms with Gasteiger partial charge in [0.05, 0.1) is 61.5 Å². The molecule has 20 unspecified atom stereocenters. The molecule has 9 fully saturated rings. The Morgan fingerprint density at radius 2 is 0.489 bits per heavy atom. The van der Waals surface area contributed by atoms with Gasteiger partial charge >= 0.3 is 0 Å². The molecule has 9 rings (SSSR count). The molecule has 5 heterocycles. The molecule has 259 valence electrons. The van der Waals surface area contributed by atoms with Crippen LogP contribution < -0.4 is 42.5 Å². The van der Waals surface area contributed by atoms with Gasteiger partial charge in [-0.15, -0.1) is 0 Å². The fraction of sp³-hybridized carbons (Fsp3) is 1.00. The van der Waals surface area contributed by atoms with E-state index in [0.717, 1.165) is 12.8 Å². The standard InChI is InChI=1S/C32H56N8O4.Cu/c41-21-19-20(22(42)24(44)23(21)43)32-39-30-18-12-6-4-10-16(18)28(37-30)35-26-14-8-2-1-7-13(14)25(33-26)34-27-15-9-3-5-11-17(15)29(36-27)38-31(19)40-32;/h13-44H,1-12H2;. The van der Waals surface area contributed by atoms with Gasteiger partial charge in [-0.3, -0.25) is 42.5 Å². The average molecular weight is 680 g/mol. The summed E-state index contributed by atoms with van der Waals surface area (Å²) in [6, 6.07) is 0. The van der Waals surface area contributed by atoms with Gasteiger partial charge in [-0.05, 0) is 74.0 Å². The van der Waals surface area contributed by atoms with Crippen LogP contribution in [0.25, 0.3) is 0 Å². The number of nitrogens with one attached hydrogen (secondary N) is 8. The number of fused-ring (bicyclic) bond motifs is 20. The van der Waals surface area contributed by atoms with Crippen molar-refractivity contribution in [1.29, 1.82) is 0 Å². The van der Waals surface area contributed by atoms with E-state index in [1.165, 1.54) is 64.2 Å². The Bertz CT molecular complexity index is 989. The Morgan fingerprint density at radius 3 is 0.733 bits per heavy atom. The Morgan fingerprint density at radius 1 is 0.289 bits per heavy atom. The third kappa shape index (κ3) is 5.31. The predicted octanol–water partition coefficient (Wildman–Crippen LogP) is -1.51. The zero-order valence-electron chi connectivity index (χ0n) is 26.1. The maximum atomic E-state index is 11.4. The molecule has 5 aliphatic heterocycles. The fourth-order valence-corrected chi connectivity index (χ4v) is 12.1. The van der Waals surface area contributed by atoms with Gasteiger partial charge in [0.15, 0.2) is 0 Å². The third-order valence-electron chi connectivity index (χ3n) is 14.1. The summed E-state index contributed by atoms with van der Waals surface area (Å²) < 4.78 is 0. The molecule has 12 N–H and O–H groups in total. The SMILES string of the molecule is OC1C(O)C(O)C2C3NC4NC(NC5NC(NC6NC(NC(N3)C2C1O)C1CCCCC61)C1CCCCC51)C1CCCCC41.[Cu]. The third-order valence-corrected chi connectivity index (χ3v) is 14.1. The maximum Gasteiger partial charge on any atom is 0.109 e. The van der Waals surface area contributed by atoms with Crippen LogP contribution in [0.2, 0.25) is 0 Å². The van der Waals surface area contributed by atoms with Gasteiger partial charge in [0.2, 0.25) is 0 Å². The Kier molecular flexibility index (Phi) is 9.13. The number of aliphatic hydroxyl groups is 4. The summed E-state index contributed by atoms with van der Waals surface area (Å²) in [6.07, 6.45) is 10.2. The molecule has 0 spiro atoms. The van der Waals surface area contributed by atoms with Gasteiger partial charge in [0, 0.05) is 28.9 Å². The number of hydrogen-bond donors (Lipinski definition) is 12. The predicted molar refractivity (Wildman–Crippen MR) is 163 cm³/mol. The van der Waals surface area contributed by atoms with Crippen LogP contribution in [0, 0.1) is 47.3 Å². The van der Waals surface area contributed by atoms with Crippen molar-refractivity contribution < 1.29 is 37.5 Å². The van der Waals surface area contributed by atoms with E-state index >= 15 is 0 Å². The summed E-state index contributed by atoms with van der Waals surface area (Å²) in [6.45, 7) is 0. The smallest absolute Gasteiger partial charge is 0.109 e. The van der Waals surface area contributed by atoms with Crippen LogP contribution in [-0.4, -0.2) is 94.2 Å². The number of hydrogen-bond acceptors (Lipinski definition) is 12. The van der Waals surface area contributed by atoms with E-state index in [0.29, 0.717) is 35.5 Å². The summed E-state index contributed by atoms with van der Waals surface area (Å²) in [5, 5.41) is 76.2. The van der Waals surface area contributed by atoms with Crippen molar-refractivity contribution in [3.63, 3.8) is 0 Å². The minimum absolute atomic E-state index is 0. The topological polar surface area (TPSA) is 177 Å². The van der Waals surface area contributed by atoms with Gasteiger partial charge in [-0.25, -0.2) is 0 Å². The van der Waals surface area contributed by atoms with Crippen molar-refractivity contribution in [3.05, 3.63) is 0 Å². The van der Waals surface area contributed by atoms with Crippen molar-refractivity contribution in [2.45, 2.75) is 151 Å². The van der Waals surface area contributed by atoms with E-state index < -0.39 is 36.3 Å². The molecule has 5 saturated heterocycles. The second-order valence-corrected chi connectivity index (χ2v) is 16.1. The zero-order chi connectivity index (χ0) is 29.7. The van der Waals surface area contributed by atoms with Gasteiger partial charge in [0.25, 0.3) is 0 Å². The van der Waals surface area contributed by atoms with E-state index in [2.05, 4.69) is 42.5 Å². The first kappa shape index (κ1) is 32.3. The van der Waals surface area contributed by atoms with Gasteiger partial charge in [-0.2, -0.15) is 0 Å². The van der Waals surface area contributed by atoms with Crippen LogP contribution >= 0.6 is 0 Å².